The van der Waals surface area contributed by atoms with Crippen LogP contribution in [0, 0.1) is 11.8 Å². The van der Waals surface area contributed by atoms with Crippen LogP contribution in [0.25, 0.3) is 0 Å². The molecule has 1 N–H and O–H groups in total. The number of nitrogens with zero attached hydrogens (tertiary/aromatic N) is 2. The minimum Gasteiger partial charge on any atom is -0.465 e. The highest BCUT2D eigenvalue weighted by Crippen LogP contribution is 2.53. The number of carbonyl (C=O) groups excluding carboxylic acids is 3. The van der Waals surface area contributed by atoms with Crippen molar-refractivity contribution in [2.45, 2.75) is 43.9 Å². The van der Waals surface area contributed by atoms with Crippen molar-refractivity contribution in [2.24, 2.45) is 11.8 Å². The van der Waals surface area contributed by atoms with Crippen LogP contribution < -0.4 is 0 Å². The smallest absolute Gasteiger partial charge is 0.312 e. The van der Waals surface area contributed by atoms with E-state index in [0.717, 1.165) is 12.8 Å². The Bertz CT molecular complexity index is 749. The maximum Gasteiger partial charge on any atom is 0.312 e. The molecule has 4 rings (SSSR count). The maximum absolute atomic E-state index is 13.5. The molecule has 2 amide bonds. The van der Waals surface area contributed by atoms with E-state index < -0.39 is 35.6 Å². The van der Waals surface area contributed by atoms with E-state index >= 15 is 0 Å². The zero-order valence-corrected chi connectivity index (χ0v) is 16.7. The van der Waals surface area contributed by atoms with Gasteiger partial charge < -0.3 is 24.4 Å². The molecular formula is C21H28N2O6. The summed E-state index contributed by atoms with van der Waals surface area (Å²) in [5.74, 6) is -2.64. The molecular weight excluding hydrogens is 376 g/mol. The molecule has 1 spiro atoms. The molecule has 0 saturated carbocycles. The van der Waals surface area contributed by atoms with Crippen molar-refractivity contribution in [3.63, 3.8) is 0 Å². The van der Waals surface area contributed by atoms with Gasteiger partial charge in [-0.25, -0.2) is 0 Å². The van der Waals surface area contributed by atoms with Gasteiger partial charge in [0.2, 0.25) is 11.8 Å². The number of unbranched alkanes of at least 4 members (excludes halogenated alkanes) is 1. The lowest BCUT2D eigenvalue weighted by molar-refractivity contribution is -0.155. The van der Waals surface area contributed by atoms with Crippen molar-refractivity contribution in [1.82, 2.24) is 9.80 Å². The van der Waals surface area contributed by atoms with Gasteiger partial charge in [-0.05, 0) is 12.8 Å². The van der Waals surface area contributed by atoms with E-state index in [1.54, 1.807) is 11.0 Å². The quantitative estimate of drug-likeness (QED) is 0.522. The third-order valence-corrected chi connectivity index (χ3v) is 6.33. The Morgan fingerprint density at radius 2 is 2.03 bits per heavy atom. The number of amides is 2. The van der Waals surface area contributed by atoms with Crippen LogP contribution in [0.1, 0.15) is 26.2 Å². The fraction of sp³-hybridized carbons (Fsp3) is 0.667. The molecule has 0 aliphatic carbocycles. The maximum atomic E-state index is 13.5. The number of ether oxygens (including phenoxy) is 2. The number of rotatable bonds is 5. The van der Waals surface area contributed by atoms with Crippen molar-refractivity contribution in [2.75, 3.05) is 32.8 Å². The molecule has 8 nitrogen and oxygen atoms in total. The Balaban J connectivity index is 1.78. The number of esters is 1. The van der Waals surface area contributed by atoms with Crippen molar-refractivity contribution < 1.29 is 29.0 Å². The third-order valence-electron chi connectivity index (χ3n) is 6.33. The summed E-state index contributed by atoms with van der Waals surface area (Å²) in [5, 5.41) is 9.55. The van der Waals surface area contributed by atoms with Crippen molar-refractivity contribution >= 4 is 17.8 Å². The van der Waals surface area contributed by atoms with Crippen LogP contribution in [0.5, 0.6) is 0 Å². The topological polar surface area (TPSA) is 96.4 Å². The number of cyclic esters (lactones) is 1. The number of aliphatic hydroxyl groups excluding tert-OH is 1. The number of hydrogen-bond donors (Lipinski definition) is 1. The summed E-state index contributed by atoms with van der Waals surface area (Å²) in [5.41, 5.74) is -1.23. The number of likely N-dealkylation sites (tertiary alicyclic amines) is 1. The Morgan fingerprint density at radius 1 is 1.21 bits per heavy atom. The molecule has 1 unspecified atom stereocenters. The Labute approximate surface area is 170 Å². The number of hydrogen-bond acceptors (Lipinski definition) is 6. The van der Waals surface area contributed by atoms with Crippen LogP contribution in [0.2, 0.25) is 0 Å². The normalized spacial score (nSPS) is 36.3. The summed E-state index contributed by atoms with van der Waals surface area (Å²) in [4.78, 5) is 42.8. The van der Waals surface area contributed by atoms with E-state index in [4.69, 9.17) is 9.47 Å². The summed E-state index contributed by atoms with van der Waals surface area (Å²) >= 11 is 0. The van der Waals surface area contributed by atoms with E-state index in [0.29, 0.717) is 19.5 Å². The lowest BCUT2D eigenvalue weighted by Gasteiger charge is -2.35. The van der Waals surface area contributed by atoms with Crippen LogP contribution in [-0.2, 0) is 23.9 Å². The number of β-amino-alcohol motifs (C(OH)–C–C–N with tert-alkyl or cyclic N) is 1. The highest BCUT2D eigenvalue weighted by molar-refractivity contribution is 5.99. The largest absolute Gasteiger partial charge is 0.465 e. The van der Waals surface area contributed by atoms with Crippen LogP contribution in [-0.4, -0.2) is 83.3 Å². The van der Waals surface area contributed by atoms with Crippen LogP contribution in [0.15, 0.2) is 24.3 Å². The van der Waals surface area contributed by atoms with Gasteiger partial charge in [0.05, 0.1) is 25.2 Å². The first kappa shape index (κ1) is 20.1. The molecule has 0 aromatic rings. The van der Waals surface area contributed by atoms with E-state index in [1.165, 1.54) is 4.90 Å². The Hall–Kier alpha value is -2.19. The molecule has 0 aromatic heterocycles. The second kappa shape index (κ2) is 7.91. The van der Waals surface area contributed by atoms with Gasteiger partial charge in [0.15, 0.2) is 0 Å². The average molecular weight is 404 g/mol. The molecule has 2 fully saturated rings. The van der Waals surface area contributed by atoms with Gasteiger partial charge >= 0.3 is 5.97 Å². The molecule has 4 aliphatic heterocycles. The van der Waals surface area contributed by atoms with E-state index in [9.17, 15) is 19.5 Å². The highest BCUT2D eigenvalue weighted by Gasteiger charge is 2.71. The van der Waals surface area contributed by atoms with Gasteiger partial charge in [0.25, 0.3) is 0 Å². The van der Waals surface area contributed by atoms with Crippen molar-refractivity contribution in [1.29, 1.82) is 0 Å². The van der Waals surface area contributed by atoms with Gasteiger partial charge in [0.1, 0.15) is 17.6 Å². The molecule has 0 bridgehead atoms. The summed E-state index contributed by atoms with van der Waals surface area (Å²) in [7, 11) is 0. The number of fused-ring (bicyclic) bond motifs is 2. The predicted octanol–water partition coefficient (Wildman–Crippen LogP) is 0.261. The van der Waals surface area contributed by atoms with E-state index in [-0.39, 0.29) is 31.6 Å². The third kappa shape index (κ3) is 3.09. The molecule has 4 aliphatic rings. The molecule has 4 heterocycles. The van der Waals surface area contributed by atoms with E-state index in [1.807, 2.05) is 18.2 Å². The molecule has 2 saturated heterocycles. The first-order chi connectivity index (χ1) is 14.0. The second-order valence-corrected chi connectivity index (χ2v) is 8.02. The molecule has 0 radical (unpaired) electrons. The lowest BCUT2D eigenvalue weighted by Crippen LogP contribution is -2.55. The minimum absolute atomic E-state index is 0.0224. The van der Waals surface area contributed by atoms with Gasteiger partial charge in [-0.1, -0.05) is 37.6 Å². The van der Waals surface area contributed by atoms with Crippen LogP contribution >= 0.6 is 0 Å². The van der Waals surface area contributed by atoms with Crippen LogP contribution in [0.3, 0.4) is 0 Å². The standard InChI is InChI=1S/C21H28N2O6/c1-2-3-9-22-10-6-8-21-16(18(25)23(11-12-24)17(21)19(22)26)15-14(29-21)7-4-5-13-28-20(15)27/h4,6-8,14-17,24H,2-3,5,9-13H2,1H3/t14-,15+,16+,17?,21+/m1/s1. The van der Waals surface area contributed by atoms with E-state index in [2.05, 4.69) is 6.92 Å². The van der Waals surface area contributed by atoms with Gasteiger partial charge in [0, 0.05) is 19.6 Å². The monoisotopic (exact) mass is 404 g/mol. The summed E-state index contributed by atoms with van der Waals surface area (Å²) in [6, 6.07) is -0.891. The van der Waals surface area contributed by atoms with Gasteiger partial charge in [-0.2, -0.15) is 0 Å². The lowest BCUT2D eigenvalue weighted by atomic mass is 9.77. The summed E-state index contributed by atoms with van der Waals surface area (Å²) in [6.45, 7) is 3.10. The predicted molar refractivity (Wildman–Crippen MR) is 103 cm³/mol. The minimum atomic E-state index is -1.23. The second-order valence-electron chi connectivity index (χ2n) is 8.02. The molecule has 29 heavy (non-hydrogen) atoms. The molecule has 158 valence electrons. The average Bonchev–Trinajstić information content (AvgIpc) is 3.06. The van der Waals surface area contributed by atoms with Crippen molar-refractivity contribution in [3.05, 3.63) is 24.3 Å². The Morgan fingerprint density at radius 3 is 2.79 bits per heavy atom. The Kier molecular flexibility index (Phi) is 5.48. The number of carbonyl (C=O) groups is 3. The molecule has 0 aromatic carbocycles. The number of aliphatic hydroxyl groups is 1. The van der Waals surface area contributed by atoms with Gasteiger partial charge in [-0.15, -0.1) is 0 Å². The van der Waals surface area contributed by atoms with Crippen LogP contribution in [0.4, 0.5) is 0 Å². The summed E-state index contributed by atoms with van der Waals surface area (Å²) in [6.07, 6.45) is 9.15. The molecule has 8 heteroatoms. The fourth-order valence-electron chi connectivity index (χ4n) is 5.05. The molecule has 5 atom stereocenters. The zero-order chi connectivity index (χ0) is 20.6. The first-order valence-corrected chi connectivity index (χ1v) is 10.4. The fourth-order valence-corrected chi connectivity index (χ4v) is 5.05. The SMILES string of the molecule is CCCCN1CC=C[C@]23O[C@@H]4C=CCCOC(=O)[C@@H]4[C@H]2C(=O)N(CCO)C3C1=O. The van der Waals surface area contributed by atoms with Crippen molar-refractivity contribution in [3.8, 4) is 0 Å². The summed E-state index contributed by atoms with van der Waals surface area (Å²) < 4.78 is 11.7. The van der Waals surface area contributed by atoms with Gasteiger partial charge in [-0.3, -0.25) is 14.4 Å². The first-order valence-electron chi connectivity index (χ1n) is 10.4. The highest BCUT2D eigenvalue weighted by atomic mass is 16.6. The zero-order valence-electron chi connectivity index (χ0n) is 16.7.